The summed E-state index contributed by atoms with van der Waals surface area (Å²) in [5, 5.41) is 17.4. The summed E-state index contributed by atoms with van der Waals surface area (Å²) in [6.45, 7) is 8.55. The first kappa shape index (κ1) is 22.9. The van der Waals surface area contributed by atoms with Crippen LogP contribution in [0.5, 0.6) is 11.5 Å². The minimum absolute atomic E-state index is 0.118. The lowest BCUT2D eigenvalue weighted by molar-refractivity contribution is -0.000498. The predicted molar refractivity (Wildman–Crippen MR) is 132 cm³/mol. The number of phenolic OH excluding ortho intramolecular Hbond substituents is 1. The van der Waals surface area contributed by atoms with Crippen molar-refractivity contribution in [2.24, 2.45) is 5.92 Å². The van der Waals surface area contributed by atoms with Gasteiger partial charge in [0.2, 0.25) is 0 Å². The Morgan fingerprint density at radius 1 is 0.969 bits per heavy atom. The molecule has 0 radical (unpaired) electrons. The van der Waals surface area contributed by atoms with E-state index in [4.69, 9.17) is 4.74 Å². The number of aromatic hydroxyl groups is 1. The normalized spacial score (nSPS) is 23.7. The van der Waals surface area contributed by atoms with Gasteiger partial charge in [-0.05, 0) is 102 Å². The summed E-state index contributed by atoms with van der Waals surface area (Å²) in [5.74, 6) is 2.15. The number of likely N-dealkylation sites (N-methyl/N-ethyl adjacent to an activating group) is 2. The van der Waals surface area contributed by atoms with Crippen LogP contribution in [0.25, 0.3) is 0 Å². The summed E-state index contributed by atoms with van der Waals surface area (Å²) in [6, 6.07) is 12.8. The molecular weight excluding hydrogens is 396 g/mol. The van der Waals surface area contributed by atoms with Crippen LogP contribution in [0.2, 0.25) is 0 Å². The third-order valence-corrected chi connectivity index (χ3v) is 7.25. The lowest BCUT2D eigenvalue weighted by Crippen LogP contribution is -2.48. The first-order valence-corrected chi connectivity index (χ1v) is 11.9. The second-order valence-corrected chi connectivity index (χ2v) is 10.1. The van der Waals surface area contributed by atoms with Crippen LogP contribution in [-0.2, 0) is 12.8 Å². The van der Waals surface area contributed by atoms with Crippen molar-refractivity contribution in [2.45, 2.75) is 57.5 Å². The van der Waals surface area contributed by atoms with E-state index in [0.717, 1.165) is 43.7 Å². The zero-order chi connectivity index (χ0) is 22.9. The third kappa shape index (κ3) is 4.44. The molecule has 0 bridgehead atoms. The fourth-order valence-corrected chi connectivity index (χ4v) is 5.76. The first-order valence-electron chi connectivity index (χ1n) is 11.9. The van der Waals surface area contributed by atoms with Crippen molar-refractivity contribution in [3.63, 3.8) is 0 Å². The summed E-state index contributed by atoms with van der Waals surface area (Å²) in [5.41, 5.74) is 6.01. The summed E-state index contributed by atoms with van der Waals surface area (Å²) in [4.78, 5) is 0. The van der Waals surface area contributed by atoms with Gasteiger partial charge in [0, 0.05) is 17.4 Å². The van der Waals surface area contributed by atoms with Gasteiger partial charge in [0.15, 0.2) is 0 Å². The molecule has 3 atom stereocenters. The average Bonchev–Trinajstić information content (AvgIpc) is 2.76. The number of allylic oxidation sites excluding steroid dienone is 2. The summed E-state index contributed by atoms with van der Waals surface area (Å²) in [7, 11) is 3.97. The molecule has 172 valence electrons. The quantitative estimate of drug-likeness (QED) is 0.542. The van der Waals surface area contributed by atoms with E-state index in [1.807, 2.05) is 26.2 Å². The lowest BCUT2D eigenvalue weighted by Gasteiger charge is -2.50. The van der Waals surface area contributed by atoms with Crippen LogP contribution < -0.4 is 15.4 Å². The van der Waals surface area contributed by atoms with Gasteiger partial charge >= 0.3 is 0 Å². The highest BCUT2D eigenvalue weighted by atomic mass is 16.5. The van der Waals surface area contributed by atoms with Crippen LogP contribution in [0.4, 0.5) is 0 Å². The van der Waals surface area contributed by atoms with Gasteiger partial charge in [-0.15, -0.1) is 0 Å². The molecule has 0 saturated heterocycles. The van der Waals surface area contributed by atoms with E-state index in [2.05, 4.69) is 61.7 Å². The topological polar surface area (TPSA) is 53.5 Å². The van der Waals surface area contributed by atoms with E-state index < -0.39 is 0 Å². The predicted octanol–water partition coefficient (Wildman–Crippen LogP) is 4.92. The minimum atomic E-state index is -0.334. The number of hydrogen-bond acceptors (Lipinski definition) is 4. The van der Waals surface area contributed by atoms with Crippen molar-refractivity contribution >= 4 is 0 Å². The highest BCUT2D eigenvalue weighted by molar-refractivity contribution is 5.49. The van der Waals surface area contributed by atoms with E-state index in [1.54, 1.807) is 0 Å². The second kappa shape index (κ2) is 9.29. The zero-order valence-electron chi connectivity index (χ0n) is 20.2. The number of fused-ring (bicyclic) bond motifs is 3. The monoisotopic (exact) mass is 434 g/mol. The van der Waals surface area contributed by atoms with Crippen molar-refractivity contribution in [1.82, 2.24) is 10.6 Å². The van der Waals surface area contributed by atoms with Crippen molar-refractivity contribution < 1.29 is 9.84 Å². The van der Waals surface area contributed by atoms with E-state index in [0.29, 0.717) is 11.7 Å². The second-order valence-electron chi connectivity index (χ2n) is 10.1. The molecule has 0 amide bonds. The van der Waals surface area contributed by atoms with E-state index in [1.165, 1.54) is 22.3 Å². The number of benzene rings is 2. The van der Waals surface area contributed by atoms with Gasteiger partial charge in [0.05, 0.1) is 0 Å². The Hall–Kier alpha value is -2.30. The number of hydrogen-bond donors (Lipinski definition) is 3. The van der Waals surface area contributed by atoms with Gasteiger partial charge in [-0.25, -0.2) is 0 Å². The molecule has 1 aliphatic heterocycles. The molecule has 1 heterocycles. The van der Waals surface area contributed by atoms with E-state index >= 15 is 0 Å². The smallest absolute Gasteiger partial charge is 0.123 e. The van der Waals surface area contributed by atoms with Gasteiger partial charge in [-0.2, -0.15) is 0 Å². The van der Waals surface area contributed by atoms with E-state index in [-0.39, 0.29) is 17.4 Å². The summed E-state index contributed by atoms with van der Waals surface area (Å²) in [6.07, 6.45) is 5.37. The van der Waals surface area contributed by atoms with Crippen molar-refractivity contribution in [1.29, 1.82) is 0 Å². The van der Waals surface area contributed by atoms with Crippen LogP contribution in [0.15, 0.2) is 48.0 Å². The van der Waals surface area contributed by atoms with Crippen LogP contribution >= 0.6 is 0 Å². The molecule has 4 rings (SSSR count). The van der Waals surface area contributed by atoms with Crippen molar-refractivity contribution in [2.75, 3.05) is 27.2 Å². The Morgan fingerprint density at radius 2 is 1.59 bits per heavy atom. The van der Waals surface area contributed by atoms with Gasteiger partial charge < -0.3 is 20.5 Å². The largest absolute Gasteiger partial charge is 0.508 e. The van der Waals surface area contributed by atoms with Crippen LogP contribution in [0.1, 0.15) is 61.3 Å². The maximum Gasteiger partial charge on any atom is 0.123 e. The molecule has 3 N–H and O–H groups in total. The molecule has 0 spiro atoms. The Labute approximate surface area is 193 Å². The van der Waals surface area contributed by atoms with Crippen LogP contribution in [0.3, 0.4) is 0 Å². The van der Waals surface area contributed by atoms with Crippen LogP contribution in [0, 0.1) is 5.92 Å². The summed E-state index contributed by atoms with van der Waals surface area (Å²) < 4.78 is 6.63. The summed E-state index contributed by atoms with van der Waals surface area (Å²) >= 11 is 0. The fraction of sp³-hybridized carbons (Fsp3) is 0.500. The molecule has 0 unspecified atom stereocenters. The zero-order valence-corrected chi connectivity index (χ0v) is 20.2. The Bertz CT molecular complexity index is 995. The fourth-order valence-electron chi connectivity index (χ4n) is 5.76. The molecule has 2 aliphatic rings. The third-order valence-electron chi connectivity index (χ3n) is 7.25. The highest BCUT2D eigenvalue weighted by Crippen LogP contribution is 2.56. The number of ether oxygens (including phenoxy) is 1. The van der Waals surface area contributed by atoms with Gasteiger partial charge in [0.1, 0.15) is 17.1 Å². The SMILES string of the molecule is CNCCc1ccc(O)c([C@H]2C=C(C)C[C@H]3c4cc(CCNC)ccc4OC(C)(C)[C@@H]23)c1. The highest BCUT2D eigenvalue weighted by Gasteiger charge is 2.49. The molecule has 1 aliphatic carbocycles. The van der Waals surface area contributed by atoms with Crippen LogP contribution in [-0.4, -0.2) is 37.9 Å². The Morgan fingerprint density at radius 3 is 2.25 bits per heavy atom. The number of nitrogens with one attached hydrogen (secondary N) is 2. The maximum atomic E-state index is 10.9. The van der Waals surface area contributed by atoms with Crippen molar-refractivity contribution in [3.05, 3.63) is 70.3 Å². The number of rotatable bonds is 7. The standard InChI is InChI=1S/C28H38N2O2/c1-18-14-23(21-16-19(10-12-29-4)6-8-25(21)31)27-24(15-18)22-17-20(11-13-30-5)7-9-26(22)32-28(27,2)3/h6-9,14,16-17,23-24,27,29-31H,10-13,15H2,1-5H3/t23-,24+,27+/m1/s1. The molecular formula is C28H38N2O2. The molecule has 32 heavy (non-hydrogen) atoms. The molecule has 2 aromatic carbocycles. The lowest BCUT2D eigenvalue weighted by atomic mass is 9.61. The molecule has 4 heteroatoms. The van der Waals surface area contributed by atoms with Crippen molar-refractivity contribution in [3.8, 4) is 11.5 Å². The van der Waals surface area contributed by atoms with Gasteiger partial charge in [0.25, 0.3) is 0 Å². The van der Waals surface area contributed by atoms with Gasteiger partial charge in [-0.1, -0.05) is 35.9 Å². The molecule has 0 aromatic heterocycles. The Kier molecular flexibility index (Phi) is 6.64. The molecule has 2 aromatic rings. The van der Waals surface area contributed by atoms with Gasteiger partial charge in [-0.3, -0.25) is 0 Å². The molecule has 0 fully saturated rings. The average molecular weight is 435 g/mol. The maximum absolute atomic E-state index is 10.9. The van der Waals surface area contributed by atoms with E-state index in [9.17, 15) is 5.11 Å². The molecule has 0 saturated carbocycles. The minimum Gasteiger partial charge on any atom is -0.508 e. The first-order chi connectivity index (χ1) is 15.3. The Balaban J connectivity index is 1.77. The molecule has 4 nitrogen and oxygen atoms in total. The number of phenols is 1.